The molecule has 0 aliphatic heterocycles. The number of nitrogen functional groups attached to an aromatic ring is 1. The Labute approximate surface area is 165 Å². The van der Waals surface area contributed by atoms with Crippen molar-refractivity contribution in [3.8, 4) is 0 Å². The van der Waals surface area contributed by atoms with Gasteiger partial charge in [0.25, 0.3) is 0 Å². The molecular weight excluding hydrogens is 352 g/mol. The van der Waals surface area contributed by atoms with E-state index in [2.05, 4.69) is 6.92 Å². The first-order valence-electron chi connectivity index (χ1n) is 10.4. The lowest BCUT2D eigenvalue weighted by Gasteiger charge is -2.21. The van der Waals surface area contributed by atoms with E-state index >= 15 is 0 Å². The highest BCUT2D eigenvalue weighted by Crippen LogP contribution is 2.30. The van der Waals surface area contributed by atoms with E-state index < -0.39 is 0 Å². The van der Waals surface area contributed by atoms with Crippen LogP contribution in [0.25, 0.3) is 22.2 Å². The number of nitrogens with zero attached hydrogens (tertiary/aromatic N) is 3. The summed E-state index contributed by atoms with van der Waals surface area (Å²) in [7, 11) is 0. The Kier molecular flexibility index (Phi) is 5.46. The fraction of sp³-hybridized carbons (Fsp3) is 0.500. The van der Waals surface area contributed by atoms with Crippen molar-refractivity contribution < 1.29 is 9.53 Å². The quantitative estimate of drug-likeness (QED) is 0.488. The van der Waals surface area contributed by atoms with Gasteiger partial charge in [-0.1, -0.05) is 38.3 Å². The number of para-hydroxylation sites is 2. The van der Waals surface area contributed by atoms with Crippen LogP contribution in [0.3, 0.4) is 0 Å². The number of esters is 1. The van der Waals surface area contributed by atoms with Gasteiger partial charge in [-0.15, -0.1) is 0 Å². The van der Waals surface area contributed by atoms with E-state index in [4.69, 9.17) is 20.4 Å². The number of hydrogen-bond acceptors (Lipinski definition) is 5. The second kappa shape index (κ2) is 8.17. The summed E-state index contributed by atoms with van der Waals surface area (Å²) in [5.74, 6) is 0.0513. The molecule has 0 spiro atoms. The van der Waals surface area contributed by atoms with Crippen LogP contribution in [0.4, 0.5) is 5.82 Å². The number of ether oxygens (including phenoxy) is 1. The largest absolute Gasteiger partial charge is 0.459 e. The Morgan fingerprint density at radius 2 is 1.86 bits per heavy atom. The first kappa shape index (κ1) is 18.7. The Balaban J connectivity index is 1.77. The third kappa shape index (κ3) is 3.55. The molecule has 1 aliphatic carbocycles. The van der Waals surface area contributed by atoms with Gasteiger partial charge in [0.1, 0.15) is 23.0 Å². The number of unbranched alkanes of at least 4 members (excludes halogenated alkanes) is 2. The van der Waals surface area contributed by atoms with Crippen molar-refractivity contribution in [2.75, 3.05) is 5.73 Å². The maximum absolute atomic E-state index is 13.0. The summed E-state index contributed by atoms with van der Waals surface area (Å²) in [6.07, 6.45) is 8.46. The second-order valence-corrected chi connectivity index (χ2v) is 7.67. The summed E-state index contributed by atoms with van der Waals surface area (Å²) in [5.41, 5.74) is 9.60. The molecule has 1 aliphatic rings. The average Bonchev–Trinajstić information content (AvgIpc) is 2.98. The third-order valence-electron chi connectivity index (χ3n) is 5.61. The summed E-state index contributed by atoms with van der Waals surface area (Å²) >= 11 is 0. The van der Waals surface area contributed by atoms with Gasteiger partial charge in [0.15, 0.2) is 5.65 Å². The van der Waals surface area contributed by atoms with Crippen LogP contribution in [0, 0.1) is 0 Å². The minimum Gasteiger partial charge on any atom is -0.459 e. The highest BCUT2D eigenvalue weighted by molar-refractivity contribution is 6.08. The zero-order valence-corrected chi connectivity index (χ0v) is 16.5. The number of nitrogens with two attached hydrogens (primary N) is 1. The Morgan fingerprint density at radius 1 is 1.14 bits per heavy atom. The van der Waals surface area contributed by atoms with Crippen molar-refractivity contribution in [3.05, 3.63) is 29.8 Å². The molecule has 0 saturated heterocycles. The molecule has 0 radical (unpaired) electrons. The lowest BCUT2D eigenvalue weighted by molar-refractivity contribution is 0.0214. The molecule has 0 atom stereocenters. The molecule has 28 heavy (non-hydrogen) atoms. The van der Waals surface area contributed by atoms with Gasteiger partial charge in [0, 0.05) is 6.54 Å². The van der Waals surface area contributed by atoms with Crippen molar-refractivity contribution in [3.63, 3.8) is 0 Å². The normalized spacial score (nSPS) is 15.3. The number of aryl methyl sites for hydroxylation is 1. The van der Waals surface area contributed by atoms with Gasteiger partial charge >= 0.3 is 5.97 Å². The van der Waals surface area contributed by atoms with E-state index in [9.17, 15) is 4.79 Å². The SMILES string of the molecule is CCCCCn1c(N)c(C(=O)OC2CCCCC2)c2nc3ccccc3nc21. The molecule has 3 aromatic rings. The molecule has 2 aromatic heterocycles. The van der Waals surface area contributed by atoms with Gasteiger partial charge in [0.05, 0.1) is 11.0 Å². The van der Waals surface area contributed by atoms with Crippen LogP contribution in [0.2, 0.25) is 0 Å². The second-order valence-electron chi connectivity index (χ2n) is 7.67. The van der Waals surface area contributed by atoms with Gasteiger partial charge in [0.2, 0.25) is 0 Å². The predicted molar refractivity (Wildman–Crippen MR) is 111 cm³/mol. The molecule has 4 rings (SSSR count). The molecule has 0 amide bonds. The van der Waals surface area contributed by atoms with Crippen LogP contribution in [0.15, 0.2) is 24.3 Å². The summed E-state index contributed by atoms with van der Waals surface area (Å²) in [6, 6.07) is 7.70. The van der Waals surface area contributed by atoms with Crippen LogP contribution in [-0.2, 0) is 11.3 Å². The van der Waals surface area contributed by atoms with Gasteiger partial charge in [-0.2, -0.15) is 0 Å². The number of aromatic nitrogens is 3. The molecule has 1 saturated carbocycles. The average molecular weight is 380 g/mol. The smallest absolute Gasteiger partial charge is 0.344 e. The Hall–Kier alpha value is -2.63. The third-order valence-corrected chi connectivity index (χ3v) is 5.61. The van der Waals surface area contributed by atoms with Crippen LogP contribution in [0.1, 0.15) is 68.6 Å². The molecule has 148 valence electrons. The highest BCUT2D eigenvalue weighted by Gasteiger charge is 2.27. The predicted octanol–water partition coefficient (Wildman–Crippen LogP) is 4.85. The molecule has 6 heteroatoms. The van der Waals surface area contributed by atoms with E-state index in [-0.39, 0.29) is 12.1 Å². The molecule has 1 aromatic carbocycles. The Morgan fingerprint density at radius 3 is 2.57 bits per heavy atom. The molecule has 1 fully saturated rings. The highest BCUT2D eigenvalue weighted by atomic mass is 16.5. The standard InChI is InChI=1S/C22H28N4O2/c1-2-3-9-14-26-20(23)18(22(27)28-15-10-5-4-6-11-15)19-21(26)25-17-13-8-7-12-16(17)24-19/h7-8,12-13,15H,2-6,9-11,14,23H2,1H3. The molecular formula is C22H28N4O2. The van der Waals surface area contributed by atoms with Gasteiger partial charge in [-0.3, -0.25) is 0 Å². The van der Waals surface area contributed by atoms with Crippen LogP contribution in [0.5, 0.6) is 0 Å². The molecule has 6 nitrogen and oxygen atoms in total. The van der Waals surface area contributed by atoms with Crippen molar-refractivity contribution in [1.29, 1.82) is 0 Å². The van der Waals surface area contributed by atoms with Crippen molar-refractivity contribution >= 4 is 34.0 Å². The number of rotatable bonds is 6. The van der Waals surface area contributed by atoms with E-state index in [1.165, 1.54) is 6.42 Å². The fourth-order valence-corrected chi connectivity index (χ4v) is 4.06. The number of anilines is 1. The van der Waals surface area contributed by atoms with Gasteiger partial charge in [-0.25, -0.2) is 14.8 Å². The monoisotopic (exact) mass is 380 g/mol. The summed E-state index contributed by atoms with van der Waals surface area (Å²) in [5, 5.41) is 0. The Bertz CT molecular complexity index is 989. The maximum atomic E-state index is 13.0. The topological polar surface area (TPSA) is 83.0 Å². The minimum atomic E-state index is -0.367. The van der Waals surface area contributed by atoms with E-state index in [1.54, 1.807) is 0 Å². The zero-order valence-electron chi connectivity index (χ0n) is 16.5. The first-order chi connectivity index (χ1) is 13.7. The van der Waals surface area contributed by atoms with E-state index in [1.807, 2.05) is 28.8 Å². The molecule has 2 heterocycles. The molecule has 0 bridgehead atoms. The number of hydrogen-bond donors (Lipinski definition) is 1. The lowest BCUT2D eigenvalue weighted by Crippen LogP contribution is -2.21. The first-order valence-corrected chi connectivity index (χ1v) is 10.4. The fourth-order valence-electron chi connectivity index (χ4n) is 4.06. The summed E-state index contributed by atoms with van der Waals surface area (Å²) in [4.78, 5) is 22.6. The van der Waals surface area contributed by atoms with Crippen LogP contribution >= 0.6 is 0 Å². The summed E-state index contributed by atoms with van der Waals surface area (Å²) < 4.78 is 7.75. The maximum Gasteiger partial charge on any atom is 0.344 e. The minimum absolute atomic E-state index is 0.0208. The van der Waals surface area contributed by atoms with E-state index in [0.29, 0.717) is 22.5 Å². The van der Waals surface area contributed by atoms with Crippen LogP contribution < -0.4 is 5.73 Å². The van der Waals surface area contributed by atoms with Crippen molar-refractivity contribution in [2.24, 2.45) is 0 Å². The molecule has 0 unspecified atom stereocenters. The van der Waals surface area contributed by atoms with Crippen molar-refractivity contribution in [2.45, 2.75) is 70.9 Å². The van der Waals surface area contributed by atoms with Gasteiger partial charge in [-0.05, 0) is 44.2 Å². The van der Waals surface area contributed by atoms with Crippen molar-refractivity contribution in [1.82, 2.24) is 14.5 Å². The number of carbonyl (C=O) groups excluding carboxylic acids is 1. The van der Waals surface area contributed by atoms with Gasteiger partial charge < -0.3 is 15.0 Å². The van der Waals surface area contributed by atoms with E-state index in [0.717, 1.165) is 62.5 Å². The summed E-state index contributed by atoms with van der Waals surface area (Å²) in [6.45, 7) is 2.89. The molecule has 2 N–H and O–H groups in total. The lowest BCUT2D eigenvalue weighted by atomic mass is 9.98. The zero-order chi connectivity index (χ0) is 19.5. The number of benzene rings is 1. The number of carbonyl (C=O) groups is 1. The number of fused-ring (bicyclic) bond motifs is 2. The van der Waals surface area contributed by atoms with Crippen LogP contribution in [-0.4, -0.2) is 26.6 Å².